The molecule has 0 bridgehead atoms. The predicted octanol–water partition coefficient (Wildman–Crippen LogP) is 0.884. The van der Waals surface area contributed by atoms with Gasteiger partial charge in [-0.1, -0.05) is 0 Å². The number of ether oxygens (including phenoxy) is 1. The highest BCUT2D eigenvalue weighted by Crippen LogP contribution is 2.08. The van der Waals surface area contributed by atoms with Crippen LogP contribution in [0.2, 0.25) is 0 Å². The summed E-state index contributed by atoms with van der Waals surface area (Å²) in [7, 11) is 2.13. The standard InChI is InChI=1S/C13H24N4O/c1-11(2)17-9-12(6-15-17)8-16(3)10-13-7-14-4-5-18-13/h6,9,11,13-14H,4-5,7-8,10H2,1-3H3. The van der Waals surface area contributed by atoms with Crippen molar-refractivity contribution in [3.63, 3.8) is 0 Å². The molecule has 0 spiro atoms. The van der Waals surface area contributed by atoms with Crippen LogP contribution in [0.5, 0.6) is 0 Å². The maximum Gasteiger partial charge on any atom is 0.0826 e. The SMILES string of the molecule is CC(C)n1cc(CN(C)CC2CNCCO2)cn1. The molecule has 1 aliphatic rings. The van der Waals surface area contributed by atoms with Gasteiger partial charge in [-0.2, -0.15) is 5.10 Å². The molecule has 1 aliphatic heterocycles. The molecule has 0 amide bonds. The summed E-state index contributed by atoms with van der Waals surface area (Å²) in [5.41, 5.74) is 1.26. The van der Waals surface area contributed by atoms with E-state index in [1.54, 1.807) is 0 Å². The Hall–Kier alpha value is -0.910. The molecule has 0 aliphatic carbocycles. The normalized spacial score (nSPS) is 20.8. The first-order valence-corrected chi connectivity index (χ1v) is 6.69. The summed E-state index contributed by atoms with van der Waals surface area (Å²) >= 11 is 0. The van der Waals surface area contributed by atoms with Crippen LogP contribution in [0.3, 0.4) is 0 Å². The van der Waals surface area contributed by atoms with E-state index in [0.29, 0.717) is 12.1 Å². The first-order valence-electron chi connectivity index (χ1n) is 6.69. The van der Waals surface area contributed by atoms with Crippen LogP contribution < -0.4 is 5.32 Å². The predicted molar refractivity (Wildman–Crippen MR) is 71.6 cm³/mol. The monoisotopic (exact) mass is 252 g/mol. The molecule has 102 valence electrons. The van der Waals surface area contributed by atoms with Gasteiger partial charge >= 0.3 is 0 Å². The quantitative estimate of drug-likeness (QED) is 0.845. The third-order valence-corrected chi connectivity index (χ3v) is 3.16. The number of aromatic nitrogens is 2. The average molecular weight is 252 g/mol. The van der Waals surface area contributed by atoms with Crippen molar-refractivity contribution in [2.24, 2.45) is 0 Å². The third-order valence-electron chi connectivity index (χ3n) is 3.16. The molecule has 5 heteroatoms. The van der Waals surface area contributed by atoms with E-state index >= 15 is 0 Å². The Kier molecular flexibility index (Phi) is 4.74. The molecule has 1 N–H and O–H groups in total. The van der Waals surface area contributed by atoms with E-state index in [4.69, 9.17) is 4.74 Å². The second-order valence-corrected chi connectivity index (χ2v) is 5.32. The molecular weight excluding hydrogens is 228 g/mol. The summed E-state index contributed by atoms with van der Waals surface area (Å²) in [5.74, 6) is 0. The second-order valence-electron chi connectivity index (χ2n) is 5.32. The van der Waals surface area contributed by atoms with Crippen LogP contribution >= 0.6 is 0 Å². The van der Waals surface area contributed by atoms with Crippen LogP contribution in [0.4, 0.5) is 0 Å². The number of nitrogens with one attached hydrogen (secondary N) is 1. The first kappa shape index (κ1) is 13.5. The molecule has 18 heavy (non-hydrogen) atoms. The molecular formula is C13H24N4O. The molecule has 1 aromatic heterocycles. The molecule has 2 rings (SSSR count). The van der Waals surface area contributed by atoms with Crippen LogP contribution in [0.15, 0.2) is 12.4 Å². The van der Waals surface area contributed by atoms with Crippen molar-refractivity contribution >= 4 is 0 Å². The molecule has 2 heterocycles. The second kappa shape index (κ2) is 6.31. The number of morpholine rings is 1. The van der Waals surface area contributed by atoms with Gasteiger partial charge in [-0.3, -0.25) is 9.58 Å². The number of nitrogens with zero attached hydrogens (tertiary/aromatic N) is 3. The van der Waals surface area contributed by atoms with Crippen molar-refractivity contribution in [2.75, 3.05) is 33.3 Å². The first-order chi connectivity index (χ1) is 8.65. The minimum atomic E-state index is 0.309. The summed E-state index contributed by atoms with van der Waals surface area (Å²) < 4.78 is 7.71. The Balaban J connectivity index is 1.80. The van der Waals surface area contributed by atoms with Gasteiger partial charge in [-0.25, -0.2) is 0 Å². The van der Waals surface area contributed by atoms with Crippen molar-refractivity contribution in [3.05, 3.63) is 18.0 Å². The number of likely N-dealkylation sites (N-methyl/N-ethyl adjacent to an activating group) is 1. The van der Waals surface area contributed by atoms with Crippen LogP contribution in [-0.2, 0) is 11.3 Å². The molecule has 1 unspecified atom stereocenters. The zero-order valence-corrected chi connectivity index (χ0v) is 11.6. The van der Waals surface area contributed by atoms with Gasteiger partial charge < -0.3 is 10.1 Å². The van der Waals surface area contributed by atoms with Crippen LogP contribution in [-0.4, -0.2) is 54.1 Å². The van der Waals surface area contributed by atoms with Crippen molar-refractivity contribution in [3.8, 4) is 0 Å². The van der Waals surface area contributed by atoms with Crippen molar-refractivity contribution in [1.29, 1.82) is 0 Å². The molecule has 0 aromatic carbocycles. The van der Waals surface area contributed by atoms with Gasteiger partial charge in [0.1, 0.15) is 0 Å². The fraction of sp³-hybridized carbons (Fsp3) is 0.769. The van der Waals surface area contributed by atoms with E-state index in [1.807, 2.05) is 10.9 Å². The van der Waals surface area contributed by atoms with E-state index in [0.717, 1.165) is 32.8 Å². The lowest BCUT2D eigenvalue weighted by Crippen LogP contribution is -2.44. The Labute approximate surface area is 109 Å². The largest absolute Gasteiger partial charge is 0.374 e. The Morgan fingerprint density at radius 2 is 2.44 bits per heavy atom. The summed E-state index contributed by atoms with van der Waals surface area (Å²) in [4.78, 5) is 2.29. The summed E-state index contributed by atoms with van der Waals surface area (Å²) in [6, 6.07) is 0.426. The Bertz CT molecular complexity index is 358. The van der Waals surface area contributed by atoms with Gasteiger partial charge in [0, 0.05) is 44.0 Å². The van der Waals surface area contributed by atoms with E-state index in [9.17, 15) is 0 Å². The van der Waals surface area contributed by atoms with Crippen molar-refractivity contribution in [2.45, 2.75) is 32.5 Å². The third kappa shape index (κ3) is 3.80. The highest BCUT2D eigenvalue weighted by atomic mass is 16.5. The Morgan fingerprint density at radius 3 is 3.06 bits per heavy atom. The average Bonchev–Trinajstić information content (AvgIpc) is 2.78. The zero-order chi connectivity index (χ0) is 13.0. The van der Waals surface area contributed by atoms with E-state index in [2.05, 4.69) is 42.4 Å². The smallest absolute Gasteiger partial charge is 0.0826 e. The Morgan fingerprint density at radius 1 is 1.61 bits per heavy atom. The van der Waals surface area contributed by atoms with Crippen LogP contribution in [0, 0.1) is 0 Å². The summed E-state index contributed by atoms with van der Waals surface area (Å²) in [6.07, 6.45) is 4.39. The molecule has 5 nitrogen and oxygen atoms in total. The fourth-order valence-electron chi connectivity index (χ4n) is 2.20. The number of rotatable bonds is 5. The van der Waals surface area contributed by atoms with Gasteiger partial charge in [0.2, 0.25) is 0 Å². The molecule has 1 aromatic rings. The van der Waals surface area contributed by atoms with Gasteiger partial charge in [-0.05, 0) is 20.9 Å². The molecule has 1 saturated heterocycles. The van der Waals surface area contributed by atoms with Crippen molar-refractivity contribution in [1.82, 2.24) is 20.0 Å². The topological polar surface area (TPSA) is 42.3 Å². The van der Waals surface area contributed by atoms with E-state index in [1.165, 1.54) is 5.56 Å². The van der Waals surface area contributed by atoms with Crippen molar-refractivity contribution < 1.29 is 4.74 Å². The summed E-state index contributed by atoms with van der Waals surface area (Å²) in [6.45, 7) is 8.91. The minimum Gasteiger partial charge on any atom is -0.374 e. The molecule has 1 fully saturated rings. The van der Waals surface area contributed by atoms with Crippen LogP contribution in [0.25, 0.3) is 0 Å². The minimum absolute atomic E-state index is 0.309. The molecule has 0 saturated carbocycles. The van der Waals surface area contributed by atoms with Gasteiger partial charge in [-0.15, -0.1) is 0 Å². The lowest BCUT2D eigenvalue weighted by atomic mass is 10.2. The highest BCUT2D eigenvalue weighted by Gasteiger charge is 2.15. The maximum atomic E-state index is 5.70. The van der Waals surface area contributed by atoms with Gasteiger partial charge in [0.05, 0.1) is 18.9 Å². The molecule has 1 atom stereocenters. The van der Waals surface area contributed by atoms with Gasteiger partial charge in [0.25, 0.3) is 0 Å². The lowest BCUT2D eigenvalue weighted by Gasteiger charge is -2.27. The number of hydrogen-bond acceptors (Lipinski definition) is 4. The fourth-order valence-corrected chi connectivity index (χ4v) is 2.20. The number of hydrogen-bond donors (Lipinski definition) is 1. The highest BCUT2D eigenvalue weighted by molar-refractivity contribution is 5.04. The van der Waals surface area contributed by atoms with E-state index in [-0.39, 0.29) is 0 Å². The lowest BCUT2D eigenvalue weighted by molar-refractivity contribution is 0.00884. The molecule has 0 radical (unpaired) electrons. The maximum absolute atomic E-state index is 5.70. The van der Waals surface area contributed by atoms with Gasteiger partial charge in [0.15, 0.2) is 0 Å². The van der Waals surface area contributed by atoms with Crippen LogP contribution in [0.1, 0.15) is 25.5 Å². The van der Waals surface area contributed by atoms with E-state index < -0.39 is 0 Å². The summed E-state index contributed by atoms with van der Waals surface area (Å²) in [5, 5.41) is 7.72. The zero-order valence-electron chi connectivity index (χ0n) is 11.6.